The highest BCUT2D eigenvalue weighted by atomic mass is 35.5. The van der Waals surface area contributed by atoms with Crippen molar-refractivity contribution in [2.24, 2.45) is 0 Å². The van der Waals surface area contributed by atoms with Crippen LogP contribution < -0.4 is 0 Å². The minimum atomic E-state index is -1.22. The third kappa shape index (κ3) is 2.65. The second-order valence-electron chi connectivity index (χ2n) is 3.03. The van der Waals surface area contributed by atoms with Crippen LogP contribution in [0.15, 0.2) is 12.1 Å². The fraction of sp³-hybridized carbons (Fsp3) is 0.200. The zero-order valence-electron chi connectivity index (χ0n) is 8.04. The van der Waals surface area contributed by atoms with Crippen molar-refractivity contribution in [3.63, 3.8) is 0 Å². The topological polar surface area (TPSA) is 74.6 Å². The van der Waals surface area contributed by atoms with Gasteiger partial charge in [0.1, 0.15) is 0 Å². The molecule has 0 aliphatic heterocycles. The van der Waals surface area contributed by atoms with E-state index in [0.29, 0.717) is 0 Å². The molecule has 4 nitrogen and oxygen atoms in total. The van der Waals surface area contributed by atoms with Gasteiger partial charge in [0.05, 0.1) is 11.1 Å². The molecule has 1 rings (SSSR count). The van der Waals surface area contributed by atoms with Crippen molar-refractivity contribution in [1.29, 1.82) is 0 Å². The van der Waals surface area contributed by atoms with Crippen molar-refractivity contribution in [3.05, 3.63) is 33.8 Å². The molecule has 0 saturated heterocycles. The predicted octanol–water partition coefficient (Wildman–Crippen LogP) is 2.52. The van der Waals surface area contributed by atoms with Gasteiger partial charge in [-0.3, -0.25) is 0 Å². The SMILES string of the molecule is O=C(O)c1cc(Cl)cc(C(=O)O)c1CCCl. The molecule has 0 atom stereocenters. The summed E-state index contributed by atoms with van der Waals surface area (Å²) in [6.07, 6.45) is 0.169. The lowest BCUT2D eigenvalue weighted by atomic mass is 9.99. The molecule has 0 aliphatic carbocycles. The van der Waals surface area contributed by atoms with Crippen LogP contribution in [0.1, 0.15) is 26.3 Å². The van der Waals surface area contributed by atoms with Crippen molar-refractivity contribution < 1.29 is 19.8 Å². The number of carboxylic acid groups (broad SMARTS) is 2. The third-order valence-electron chi connectivity index (χ3n) is 2.02. The Kier molecular flexibility index (Phi) is 4.15. The molecule has 6 heteroatoms. The molecule has 0 radical (unpaired) electrons. The molecular weight excluding hydrogens is 255 g/mol. The first kappa shape index (κ1) is 12.8. The van der Waals surface area contributed by atoms with Crippen LogP contribution in [0.25, 0.3) is 0 Å². The molecule has 0 unspecified atom stereocenters. The van der Waals surface area contributed by atoms with E-state index in [0.717, 1.165) is 0 Å². The Labute approximate surface area is 101 Å². The fourth-order valence-corrected chi connectivity index (χ4v) is 1.79. The number of carboxylic acids is 2. The van der Waals surface area contributed by atoms with E-state index in [1.165, 1.54) is 12.1 Å². The van der Waals surface area contributed by atoms with Gasteiger partial charge in [-0.25, -0.2) is 9.59 Å². The second-order valence-corrected chi connectivity index (χ2v) is 3.84. The van der Waals surface area contributed by atoms with E-state index in [1.807, 2.05) is 0 Å². The minimum Gasteiger partial charge on any atom is -0.478 e. The average molecular weight is 263 g/mol. The van der Waals surface area contributed by atoms with E-state index < -0.39 is 11.9 Å². The maximum Gasteiger partial charge on any atom is 0.336 e. The smallest absolute Gasteiger partial charge is 0.336 e. The highest BCUT2D eigenvalue weighted by Gasteiger charge is 2.19. The summed E-state index contributed by atoms with van der Waals surface area (Å²) in [6.45, 7) is 0. The Bertz CT molecular complexity index is 407. The number of alkyl halides is 1. The summed E-state index contributed by atoms with van der Waals surface area (Å²) in [5.41, 5.74) is -0.0458. The molecule has 1 aromatic rings. The van der Waals surface area contributed by atoms with Gasteiger partial charge in [-0.1, -0.05) is 11.6 Å². The molecule has 16 heavy (non-hydrogen) atoms. The Morgan fingerprint density at radius 1 is 1.12 bits per heavy atom. The van der Waals surface area contributed by atoms with E-state index in [9.17, 15) is 9.59 Å². The zero-order valence-corrected chi connectivity index (χ0v) is 9.55. The predicted molar refractivity (Wildman–Crippen MR) is 59.8 cm³/mol. The molecule has 0 spiro atoms. The van der Waals surface area contributed by atoms with Gasteiger partial charge in [0.15, 0.2) is 0 Å². The summed E-state index contributed by atoms with van der Waals surface area (Å²) >= 11 is 11.2. The van der Waals surface area contributed by atoms with Crippen molar-refractivity contribution in [1.82, 2.24) is 0 Å². The summed E-state index contributed by atoms with van der Waals surface area (Å²) in [5.74, 6) is -2.29. The number of aromatic carboxylic acids is 2. The number of carbonyl (C=O) groups is 2. The van der Waals surface area contributed by atoms with E-state index in [2.05, 4.69) is 0 Å². The standard InChI is InChI=1S/C10H8Cl2O4/c11-2-1-6-7(9(13)14)3-5(12)4-8(6)10(15)16/h3-4H,1-2H2,(H,13,14)(H,15,16). The third-order valence-corrected chi connectivity index (χ3v) is 2.43. The van der Waals surface area contributed by atoms with Crippen molar-refractivity contribution in [2.45, 2.75) is 6.42 Å². The Balaban J connectivity index is 3.47. The average Bonchev–Trinajstić information content (AvgIpc) is 2.19. The molecule has 86 valence electrons. The maximum absolute atomic E-state index is 10.9. The summed E-state index contributed by atoms with van der Waals surface area (Å²) in [4.78, 5) is 21.9. The number of rotatable bonds is 4. The number of hydrogen-bond acceptors (Lipinski definition) is 2. The molecule has 0 bridgehead atoms. The van der Waals surface area contributed by atoms with Gasteiger partial charge in [-0.05, 0) is 24.1 Å². The molecule has 0 amide bonds. The lowest BCUT2D eigenvalue weighted by molar-refractivity contribution is 0.0695. The molecule has 2 N–H and O–H groups in total. The first-order chi connectivity index (χ1) is 7.47. The number of hydrogen-bond donors (Lipinski definition) is 2. The molecule has 1 aromatic carbocycles. The van der Waals surface area contributed by atoms with Gasteiger partial charge in [-0.15, -0.1) is 11.6 Å². The van der Waals surface area contributed by atoms with Gasteiger partial charge in [-0.2, -0.15) is 0 Å². The second kappa shape index (κ2) is 5.18. The lowest BCUT2D eigenvalue weighted by Crippen LogP contribution is -2.10. The van der Waals surface area contributed by atoms with Gasteiger partial charge in [0.2, 0.25) is 0 Å². The summed E-state index contributed by atoms with van der Waals surface area (Å²) in [7, 11) is 0. The van der Waals surface area contributed by atoms with Crippen LogP contribution >= 0.6 is 23.2 Å². The van der Waals surface area contributed by atoms with Crippen molar-refractivity contribution in [3.8, 4) is 0 Å². The molecule has 0 aliphatic rings. The normalized spacial score (nSPS) is 10.1. The zero-order chi connectivity index (χ0) is 12.3. The number of benzene rings is 1. The van der Waals surface area contributed by atoms with Gasteiger partial charge >= 0.3 is 11.9 Å². The van der Waals surface area contributed by atoms with Crippen LogP contribution in [0.4, 0.5) is 0 Å². The Morgan fingerprint density at radius 2 is 1.56 bits per heavy atom. The van der Waals surface area contributed by atoms with Crippen LogP contribution in [-0.4, -0.2) is 28.0 Å². The van der Waals surface area contributed by atoms with Crippen LogP contribution in [-0.2, 0) is 6.42 Å². The van der Waals surface area contributed by atoms with E-state index in [1.54, 1.807) is 0 Å². The first-order valence-corrected chi connectivity index (χ1v) is 5.23. The summed E-state index contributed by atoms with van der Waals surface area (Å²) in [6, 6.07) is 2.44. The van der Waals surface area contributed by atoms with Gasteiger partial charge < -0.3 is 10.2 Å². The summed E-state index contributed by atoms with van der Waals surface area (Å²) in [5, 5.41) is 17.9. The summed E-state index contributed by atoms with van der Waals surface area (Å²) < 4.78 is 0. The molecular formula is C10H8Cl2O4. The van der Waals surface area contributed by atoms with Gasteiger partial charge in [0.25, 0.3) is 0 Å². The van der Waals surface area contributed by atoms with Gasteiger partial charge in [0, 0.05) is 10.9 Å². The number of halogens is 2. The maximum atomic E-state index is 10.9. The van der Waals surface area contributed by atoms with E-state index in [-0.39, 0.29) is 34.0 Å². The van der Waals surface area contributed by atoms with Crippen molar-refractivity contribution >= 4 is 35.1 Å². The van der Waals surface area contributed by atoms with Crippen LogP contribution in [0, 0.1) is 0 Å². The van der Waals surface area contributed by atoms with Crippen LogP contribution in [0.5, 0.6) is 0 Å². The fourth-order valence-electron chi connectivity index (χ4n) is 1.38. The van der Waals surface area contributed by atoms with Crippen LogP contribution in [0.2, 0.25) is 5.02 Å². The quantitative estimate of drug-likeness (QED) is 0.818. The largest absolute Gasteiger partial charge is 0.478 e. The lowest BCUT2D eigenvalue weighted by Gasteiger charge is -2.09. The van der Waals surface area contributed by atoms with E-state index >= 15 is 0 Å². The highest BCUT2D eigenvalue weighted by molar-refractivity contribution is 6.31. The highest BCUT2D eigenvalue weighted by Crippen LogP contribution is 2.22. The molecule has 0 heterocycles. The minimum absolute atomic E-state index is 0.0770. The Morgan fingerprint density at radius 3 is 1.88 bits per heavy atom. The first-order valence-electron chi connectivity index (χ1n) is 4.32. The van der Waals surface area contributed by atoms with E-state index in [4.69, 9.17) is 33.4 Å². The van der Waals surface area contributed by atoms with Crippen LogP contribution in [0.3, 0.4) is 0 Å². The molecule has 0 saturated carbocycles. The monoisotopic (exact) mass is 262 g/mol. The van der Waals surface area contributed by atoms with Crippen molar-refractivity contribution in [2.75, 3.05) is 5.88 Å². The molecule has 0 aromatic heterocycles. The molecule has 0 fully saturated rings. The Hall–Kier alpha value is -1.26.